The first-order valence-electron chi connectivity index (χ1n) is 4.12. The van der Waals surface area contributed by atoms with E-state index < -0.39 is 0 Å². The van der Waals surface area contributed by atoms with Gasteiger partial charge in [0, 0.05) is 6.61 Å². The lowest BCUT2D eigenvalue weighted by atomic mass is 9.97. The van der Waals surface area contributed by atoms with Crippen molar-refractivity contribution in [3.05, 3.63) is 0 Å². The normalized spacial score (nSPS) is 52.2. The molecule has 4 atom stereocenters. The van der Waals surface area contributed by atoms with Gasteiger partial charge >= 0.3 is 0 Å². The molecular formula is C8H14O2. The summed E-state index contributed by atoms with van der Waals surface area (Å²) in [5, 5.41) is 18.4. The molecule has 58 valence electrons. The van der Waals surface area contributed by atoms with Gasteiger partial charge in [-0.05, 0) is 37.0 Å². The van der Waals surface area contributed by atoms with Crippen molar-refractivity contribution in [2.75, 3.05) is 6.61 Å². The Hall–Kier alpha value is -0.0800. The van der Waals surface area contributed by atoms with Gasteiger partial charge < -0.3 is 10.2 Å². The van der Waals surface area contributed by atoms with Crippen LogP contribution in [0.4, 0.5) is 0 Å². The highest BCUT2D eigenvalue weighted by Crippen LogP contribution is 2.48. The minimum atomic E-state index is -0.101. The van der Waals surface area contributed by atoms with Crippen molar-refractivity contribution in [1.82, 2.24) is 0 Å². The summed E-state index contributed by atoms with van der Waals surface area (Å²) in [7, 11) is 0. The Morgan fingerprint density at radius 2 is 2.10 bits per heavy atom. The third kappa shape index (κ3) is 0.722. The lowest BCUT2D eigenvalue weighted by Crippen LogP contribution is -2.18. The Morgan fingerprint density at radius 3 is 2.40 bits per heavy atom. The first-order valence-corrected chi connectivity index (χ1v) is 4.12. The highest BCUT2D eigenvalue weighted by molar-refractivity contribution is 4.96. The van der Waals surface area contributed by atoms with Crippen LogP contribution in [-0.4, -0.2) is 22.9 Å². The number of hydrogen-bond donors (Lipinski definition) is 2. The zero-order valence-corrected chi connectivity index (χ0v) is 6.03. The van der Waals surface area contributed by atoms with E-state index in [1.54, 1.807) is 0 Å². The largest absolute Gasteiger partial charge is 0.396 e. The average Bonchev–Trinajstić information content (AvgIpc) is 2.42. The summed E-state index contributed by atoms with van der Waals surface area (Å²) in [6, 6.07) is 0. The molecule has 1 unspecified atom stereocenters. The fourth-order valence-corrected chi connectivity index (χ4v) is 2.72. The van der Waals surface area contributed by atoms with E-state index in [1.165, 1.54) is 6.42 Å². The highest BCUT2D eigenvalue weighted by Gasteiger charge is 2.46. The van der Waals surface area contributed by atoms with Crippen LogP contribution in [0.1, 0.15) is 19.3 Å². The topological polar surface area (TPSA) is 40.5 Å². The van der Waals surface area contributed by atoms with E-state index >= 15 is 0 Å². The first-order chi connectivity index (χ1) is 4.83. The molecule has 0 spiro atoms. The van der Waals surface area contributed by atoms with Crippen LogP contribution in [0.15, 0.2) is 0 Å². The molecule has 0 aromatic rings. The maximum Gasteiger partial charge on any atom is 0.0574 e. The number of fused-ring (bicyclic) bond motifs is 2. The van der Waals surface area contributed by atoms with E-state index in [9.17, 15) is 5.11 Å². The summed E-state index contributed by atoms with van der Waals surface area (Å²) in [6.45, 7) is 0.284. The highest BCUT2D eigenvalue weighted by atomic mass is 16.3. The Labute approximate surface area is 60.9 Å². The zero-order chi connectivity index (χ0) is 7.14. The van der Waals surface area contributed by atoms with E-state index in [0.29, 0.717) is 17.8 Å². The molecule has 2 heteroatoms. The van der Waals surface area contributed by atoms with Crippen LogP contribution in [0.2, 0.25) is 0 Å². The predicted octanol–water partition coefficient (Wildman–Crippen LogP) is 0.386. The zero-order valence-electron chi connectivity index (χ0n) is 6.03. The van der Waals surface area contributed by atoms with E-state index in [-0.39, 0.29) is 12.7 Å². The van der Waals surface area contributed by atoms with Gasteiger partial charge in [0.05, 0.1) is 6.10 Å². The number of rotatable bonds is 1. The van der Waals surface area contributed by atoms with E-state index in [1.807, 2.05) is 0 Å². The minimum Gasteiger partial charge on any atom is -0.396 e. The third-order valence-corrected chi connectivity index (χ3v) is 3.28. The van der Waals surface area contributed by atoms with Crippen molar-refractivity contribution in [1.29, 1.82) is 0 Å². The monoisotopic (exact) mass is 142 g/mol. The van der Waals surface area contributed by atoms with Crippen molar-refractivity contribution in [2.45, 2.75) is 25.4 Å². The smallest absolute Gasteiger partial charge is 0.0574 e. The Morgan fingerprint density at radius 1 is 1.30 bits per heavy atom. The van der Waals surface area contributed by atoms with Crippen LogP contribution >= 0.6 is 0 Å². The van der Waals surface area contributed by atoms with Crippen molar-refractivity contribution >= 4 is 0 Å². The van der Waals surface area contributed by atoms with E-state index in [2.05, 4.69) is 0 Å². The molecule has 0 amide bonds. The quantitative estimate of drug-likeness (QED) is 0.556. The summed E-state index contributed by atoms with van der Waals surface area (Å²) in [4.78, 5) is 0. The molecule has 2 aliphatic rings. The Bertz CT molecular complexity index is 135. The molecule has 0 saturated heterocycles. The van der Waals surface area contributed by atoms with Gasteiger partial charge in [-0.1, -0.05) is 0 Å². The summed E-state index contributed by atoms with van der Waals surface area (Å²) in [6.07, 6.45) is 3.20. The Kier molecular flexibility index (Phi) is 1.46. The molecule has 0 radical (unpaired) electrons. The summed E-state index contributed by atoms with van der Waals surface area (Å²) in [5.41, 5.74) is 0. The van der Waals surface area contributed by atoms with Crippen LogP contribution in [0.5, 0.6) is 0 Å². The van der Waals surface area contributed by atoms with Gasteiger partial charge in [0.15, 0.2) is 0 Å². The fraction of sp³-hybridized carbons (Fsp3) is 1.00. The lowest BCUT2D eigenvalue weighted by molar-refractivity contribution is 0.0974. The van der Waals surface area contributed by atoms with Crippen LogP contribution in [0.25, 0.3) is 0 Å². The minimum absolute atomic E-state index is 0.101. The molecule has 2 fully saturated rings. The maximum absolute atomic E-state index is 9.41. The van der Waals surface area contributed by atoms with Gasteiger partial charge in [0.2, 0.25) is 0 Å². The Balaban J connectivity index is 2.11. The SMILES string of the molecule is OC[C@@H]1[C@H]2CC[C@@H]1C(O)C2. The van der Waals surface area contributed by atoms with Crippen molar-refractivity contribution in [2.24, 2.45) is 17.8 Å². The maximum atomic E-state index is 9.41. The molecule has 2 N–H and O–H groups in total. The van der Waals surface area contributed by atoms with Crippen molar-refractivity contribution < 1.29 is 10.2 Å². The van der Waals surface area contributed by atoms with Gasteiger partial charge in [-0.15, -0.1) is 0 Å². The van der Waals surface area contributed by atoms with Gasteiger partial charge in [0.25, 0.3) is 0 Å². The van der Waals surface area contributed by atoms with Gasteiger partial charge in [-0.2, -0.15) is 0 Å². The first kappa shape index (κ1) is 6.62. The summed E-state index contributed by atoms with van der Waals surface area (Å²) in [5.74, 6) is 1.48. The fourth-order valence-electron chi connectivity index (χ4n) is 2.72. The number of hydrogen-bond acceptors (Lipinski definition) is 2. The molecule has 0 aromatic carbocycles. The van der Waals surface area contributed by atoms with Crippen molar-refractivity contribution in [3.63, 3.8) is 0 Å². The van der Waals surface area contributed by atoms with E-state index in [4.69, 9.17) is 5.11 Å². The van der Waals surface area contributed by atoms with Gasteiger partial charge in [0.1, 0.15) is 0 Å². The molecule has 2 saturated carbocycles. The molecule has 10 heavy (non-hydrogen) atoms. The standard InChI is InChI=1S/C8H14O2/c9-4-7-5-1-2-6(7)8(10)3-5/h5-10H,1-4H2/t5-,6-,7+,8?/m0/s1. The molecule has 0 heterocycles. The van der Waals surface area contributed by atoms with Crippen LogP contribution in [0.3, 0.4) is 0 Å². The van der Waals surface area contributed by atoms with Gasteiger partial charge in [-0.25, -0.2) is 0 Å². The van der Waals surface area contributed by atoms with Crippen LogP contribution in [-0.2, 0) is 0 Å². The predicted molar refractivity (Wildman–Crippen MR) is 37.4 cm³/mol. The van der Waals surface area contributed by atoms with Gasteiger partial charge in [-0.3, -0.25) is 0 Å². The molecule has 2 bridgehead atoms. The number of aliphatic hydroxyl groups is 2. The molecule has 2 nitrogen and oxygen atoms in total. The van der Waals surface area contributed by atoms with Crippen LogP contribution < -0.4 is 0 Å². The summed E-state index contributed by atoms with van der Waals surface area (Å²) >= 11 is 0. The second-order valence-electron chi connectivity index (χ2n) is 3.65. The molecule has 2 rings (SSSR count). The second kappa shape index (κ2) is 2.21. The summed E-state index contributed by atoms with van der Waals surface area (Å²) < 4.78 is 0. The molecular weight excluding hydrogens is 128 g/mol. The number of aliphatic hydroxyl groups excluding tert-OH is 2. The molecule has 2 aliphatic carbocycles. The third-order valence-electron chi connectivity index (χ3n) is 3.28. The molecule has 0 aliphatic heterocycles. The molecule has 0 aromatic heterocycles. The van der Waals surface area contributed by atoms with Crippen molar-refractivity contribution in [3.8, 4) is 0 Å². The lowest BCUT2D eigenvalue weighted by Gasteiger charge is -2.15. The average molecular weight is 142 g/mol. The van der Waals surface area contributed by atoms with E-state index in [0.717, 1.165) is 12.8 Å². The van der Waals surface area contributed by atoms with Crippen LogP contribution in [0, 0.1) is 17.8 Å². The second-order valence-corrected chi connectivity index (χ2v) is 3.65.